The highest BCUT2D eigenvalue weighted by Crippen LogP contribution is 2.17. The van der Waals surface area contributed by atoms with E-state index < -0.39 is 5.82 Å². The average molecular weight is 286 g/mol. The number of carbonyl (C=O) groups is 2. The van der Waals surface area contributed by atoms with Gasteiger partial charge in [0.2, 0.25) is 0 Å². The van der Waals surface area contributed by atoms with Crippen LogP contribution in [-0.2, 0) is 0 Å². The van der Waals surface area contributed by atoms with E-state index in [0.29, 0.717) is 11.8 Å². The van der Waals surface area contributed by atoms with Crippen LogP contribution in [0.25, 0.3) is 0 Å². The van der Waals surface area contributed by atoms with Crippen molar-refractivity contribution in [3.63, 3.8) is 0 Å². The van der Waals surface area contributed by atoms with Crippen molar-refractivity contribution < 1.29 is 18.7 Å². The van der Waals surface area contributed by atoms with Crippen LogP contribution in [0, 0.1) is 19.7 Å². The monoisotopic (exact) mass is 286 g/mol. The average Bonchev–Trinajstić information content (AvgIpc) is 2.46. The summed E-state index contributed by atoms with van der Waals surface area (Å²) in [6, 6.07) is 9.23. The van der Waals surface area contributed by atoms with Crippen LogP contribution in [-0.4, -0.2) is 18.7 Å². The van der Waals surface area contributed by atoms with E-state index in [0.717, 1.165) is 23.3 Å². The van der Waals surface area contributed by atoms with Crippen LogP contribution < -0.4 is 4.74 Å². The van der Waals surface area contributed by atoms with Gasteiger partial charge in [-0.15, -0.1) is 0 Å². The molecule has 21 heavy (non-hydrogen) atoms. The fourth-order valence-electron chi connectivity index (χ4n) is 2.00. The quantitative estimate of drug-likeness (QED) is 0.624. The summed E-state index contributed by atoms with van der Waals surface area (Å²) < 4.78 is 18.5. The molecular formula is C17H15FO3. The second-order valence-electron chi connectivity index (χ2n) is 4.87. The third-order valence-electron chi connectivity index (χ3n) is 3.09. The van der Waals surface area contributed by atoms with Crippen molar-refractivity contribution >= 4 is 12.1 Å². The molecule has 0 aliphatic heterocycles. The Bertz CT molecular complexity index is 692. The Morgan fingerprint density at radius 1 is 1.19 bits per heavy atom. The van der Waals surface area contributed by atoms with Gasteiger partial charge in [0.05, 0.1) is 0 Å². The SMILES string of the molecule is Cc1ccc(C)c(C(=O)COc2cc(F)cc(C=O)c2)c1. The maximum Gasteiger partial charge on any atom is 0.200 e. The molecule has 4 heteroatoms. The van der Waals surface area contributed by atoms with Crippen molar-refractivity contribution in [2.45, 2.75) is 13.8 Å². The molecule has 2 aromatic carbocycles. The summed E-state index contributed by atoms with van der Waals surface area (Å²) in [4.78, 5) is 22.8. The minimum atomic E-state index is -0.575. The van der Waals surface area contributed by atoms with Crippen LogP contribution in [0.2, 0.25) is 0 Å². The minimum absolute atomic E-state index is 0.163. The highest BCUT2D eigenvalue weighted by atomic mass is 19.1. The molecule has 0 radical (unpaired) electrons. The number of halogens is 1. The summed E-state index contributed by atoms with van der Waals surface area (Å²) in [5, 5.41) is 0. The number of hydrogen-bond acceptors (Lipinski definition) is 3. The first-order chi connectivity index (χ1) is 9.99. The van der Waals surface area contributed by atoms with E-state index in [-0.39, 0.29) is 23.7 Å². The Morgan fingerprint density at radius 3 is 2.67 bits per heavy atom. The predicted octanol–water partition coefficient (Wildman–Crippen LogP) is 3.52. The van der Waals surface area contributed by atoms with Gasteiger partial charge in [-0.2, -0.15) is 0 Å². The van der Waals surface area contributed by atoms with Crippen LogP contribution in [0.15, 0.2) is 36.4 Å². The topological polar surface area (TPSA) is 43.4 Å². The third kappa shape index (κ3) is 3.75. The van der Waals surface area contributed by atoms with Crippen LogP contribution in [0.4, 0.5) is 4.39 Å². The van der Waals surface area contributed by atoms with Gasteiger partial charge in [-0.1, -0.05) is 17.7 Å². The molecule has 0 aliphatic rings. The summed E-state index contributed by atoms with van der Waals surface area (Å²) in [7, 11) is 0. The Morgan fingerprint density at radius 2 is 1.95 bits per heavy atom. The molecule has 0 saturated carbocycles. The first-order valence-corrected chi connectivity index (χ1v) is 6.48. The fourth-order valence-corrected chi connectivity index (χ4v) is 2.00. The zero-order valence-corrected chi connectivity index (χ0v) is 11.9. The first kappa shape index (κ1) is 14.9. The van der Waals surface area contributed by atoms with Crippen molar-refractivity contribution in [2.24, 2.45) is 0 Å². The number of carbonyl (C=O) groups excluding carboxylic acids is 2. The van der Waals surface area contributed by atoms with Crippen LogP contribution in [0.3, 0.4) is 0 Å². The summed E-state index contributed by atoms with van der Waals surface area (Å²) in [6.45, 7) is 3.55. The molecule has 0 bridgehead atoms. The zero-order valence-electron chi connectivity index (χ0n) is 11.9. The standard InChI is InChI=1S/C17H15FO3/c1-11-3-4-12(2)16(5-11)17(20)10-21-15-7-13(9-19)6-14(18)8-15/h3-9H,10H2,1-2H3. The zero-order chi connectivity index (χ0) is 15.4. The molecule has 0 spiro atoms. The predicted molar refractivity (Wildman–Crippen MR) is 77.5 cm³/mol. The highest BCUT2D eigenvalue weighted by Gasteiger charge is 2.11. The molecular weight excluding hydrogens is 271 g/mol. The Kier molecular flexibility index (Phi) is 4.48. The number of aryl methyl sites for hydroxylation is 2. The lowest BCUT2D eigenvalue weighted by Gasteiger charge is -2.09. The van der Waals surface area contributed by atoms with E-state index in [1.807, 2.05) is 26.0 Å². The van der Waals surface area contributed by atoms with Gasteiger partial charge in [0.15, 0.2) is 12.4 Å². The lowest BCUT2D eigenvalue weighted by molar-refractivity contribution is 0.0920. The van der Waals surface area contributed by atoms with Gasteiger partial charge in [-0.25, -0.2) is 4.39 Å². The first-order valence-electron chi connectivity index (χ1n) is 6.48. The van der Waals surface area contributed by atoms with Gasteiger partial charge in [-0.05, 0) is 37.6 Å². The molecule has 0 amide bonds. The lowest BCUT2D eigenvalue weighted by atomic mass is 10.0. The van der Waals surface area contributed by atoms with Gasteiger partial charge in [0.25, 0.3) is 0 Å². The Labute approximate surface area is 122 Å². The summed E-state index contributed by atoms with van der Waals surface area (Å²) >= 11 is 0. The number of ketones is 1. The molecule has 0 aromatic heterocycles. The second kappa shape index (κ2) is 6.31. The summed E-state index contributed by atoms with van der Waals surface area (Å²) in [5.41, 5.74) is 2.60. The van der Waals surface area contributed by atoms with Crippen LogP contribution in [0.1, 0.15) is 31.8 Å². The molecule has 0 atom stereocenters. The van der Waals surface area contributed by atoms with Crippen molar-refractivity contribution in [2.75, 3.05) is 6.61 Å². The molecule has 0 unspecified atom stereocenters. The van der Waals surface area contributed by atoms with E-state index in [1.165, 1.54) is 6.07 Å². The normalized spacial score (nSPS) is 10.2. The number of Topliss-reactive ketones (excluding diaryl/α,β-unsaturated/α-hetero) is 1. The van der Waals surface area contributed by atoms with Crippen LogP contribution >= 0.6 is 0 Å². The molecule has 0 fully saturated rings. The van der Waals surface area contributed by atoms with Crippen molar-refractivity contribution in [3.8, 4) is 5.75 Å². The molecule has 3 nitrogen and oxygen atoms in total. The summed E-state index contributed by atoms with van der Waals surface area (Å²) in [6.07, 6.45) is 0.530. The van der Waals surface area contributed by atoms with E-state index in [9.17, 15) is 14.0 Å². The maximum atomic E-state index is 13.3. The number of rotatable bonds is 5. The van der Waals surface area contributed by atoms with Gasteiger partial charge < -0.3 is 4.74 Å². The fraction of sp³-hybridized carbons (Fsp3) is 0.176. The Balaban J connectivity index is 2.12. The number of benzene rings is 2. The van der Waals surface area contributed by atoms with E-state index in [4.69, 9.17) is 4.74 Å². The number of aldehydes is 1. The Hall–Kier alpha value is -2.49. The summed E-state index contributed by atoms with van der Waals surface area (Å²) in [5.74, 6) is -0.599. The largest absolute Gasteiger partial charge is 0.485 e. The van der Waals surface area contributed by atoms with Crippen molar-refractivity contribution in [3.05, 3.63) is 64.5 Å². The van der Waals surface area contributed by atoms with Crippen LogP contribution in [0.5, 0.6) is 5.75 Å². The molecule has 0 saturated heterocycles. The number of ether oxygens (including phenoxy) is 1. The van der Waals surface area contributed by atoms with E-state index in [1.54, 1.807) is 6.07 Å². The molecule has 2 rings (SSSR count). The lowest BCUT2D eigenvalue weighted by Crippen LogP contribution is -2.13. The smallest absolute Gasteiger partial charge is 0.200 e. The molecule has 0 N–H and O–H groups in total. The number of hydrogen-bond donors (Lipinski definition) is 0. The van der Waals surface area contributed by atoms with Crippen molar-refractivity contribution in [1.82, 2.24) is 0 Å². The van der Waals surface area contributed by atoms with Gasteiger partial charge in [0.1, 0.15) is 17.9 Å². The van der Waals surface area contributed by atoms with E-state index >= 15 is 0 Å². The maximum absolute atomic E-state index is 13.3. The minimum Gasteiger partial charge on any atom is -0.485 e. The van der Waals surface area contributed by atoms with Gasteiger partial charge >= 0.3 is 0 Å². The molecule has 0 aliphatic carbocycles. The van der Waals surface area contributed by atoms with Crippen molar-refractivity contribution in [1.29, 1.82) is 0 Å². The molecule has 0 heterocycles. The highest BCUT2D eigenvalue weighted by molar-refractivity contribution is 5.98. The van der Waals surface area contributed by atoms with Gasteiger partial charge in [-0.3, -0.25) is 9.59 Å². The third-order valence-corrected chi connectivity index (χ3v) is 3.09. The second-order valence-corrected chi connectivity index (χ2v) is 4.87. The van der Waals surface area contributed by atoms with E-state index in [2.05, 4.69) is 0 Å². The molecule has 2 aromatic rings. The molecule has 108 valence electrons. The van der Waals surface area contributed by atoms with Gasteiger partial charge in [0, 0.05) is 17.2 Å².